The van der Waals surface area contributed by atoms with Crippen molar-refractivity contribution in [3.8, 4) is 0 Å². The third kappa shape index (κ3) is 29.9. The first-order chi connectivity index (χ1) is 38.7. The fourth-order valence-corrected chi connectivity index (χ4v) is 12.0. The van der Waals surface area contributed by atoms with E-state index in [4.69, 9.17) is 40.1 Å². The summed E-state index contributed by atoms with van der Waals surface area (Å²) in [4.78, 5) is 16.5. The van der Waals surface area contributed by atoms with Gasteiger partial charge in [0.25, 0.3) is 0 Å². The lowest BCUT2D eigenvalue weighted by Gasteiger charge is -2.45. The van der Waals surface area contributed by atoms with E-state index >= 15 is 0 Å². The van der Waals surface area contributed by atoms with Gasteiger partial charge >= 0.3 is 0 Å². The van der Waals surface area contributed by atoms with E-state index in [2.05, 4.69) is 200 Å². The topological polar surface area (TPSA) is 326 Å². The zero-order valence-corrected chi connectivity index (χ0v) is 60.0. The van der Waals surface area contributed by atoms with E-state index in [1.807, 2.05) is 0 Å². The number of rotatable bonds is 0. The van der Waals surface area contributed by atoms with Gasteiger partial charge in [-0.3, -0.25) is 34.3 Å². The van der Waals surface area contributed by atoms with E-state index in [1.165, 1.54) is 13.0 Å². The van der Waals surface area contributed by atoms with Crippen LogP contribution in [0.5, 0.6) is 0 Å². The summed E-state index contributed by atoms with van der Waals surface area (Å²) in [7, 11) is 0. The van der Waals surface area contributed by atoms with Gasteiger partial charge in [0.05, 0.1) is 36.6 Å². The molecule has 0 aromatic heterocycles. The van der Waals surface area contributed by atoms with Crippen molar-refractivity contribution in [2.75, 3.05) is 91.6 Å². The first-order valence-electron chi connectivity index (χ1n) is 33.3. The molecule has 20 nitrogen and oxygen atoms in total. The molecule has 0 aliphatic carbocycles. The van der Waals surface area contributed by atoms with Crippen molar-refractivity contribution < 1.29 is 30.6 Å². The molecule has 7 aliphatic rings. The van der Waals surface area contributed by atoms with Crippen molar-refractivity contribution in [3.05, 3.63) is 0 Å². The summed E-state index contributed by atoms with van der Waals surface area (Å²) in [5, 5.41) is 57.0. The molecule has 0 aromatic rings. The fraction of sp³-hybridized carbons (Fsp3) is 1.00. The number of nitrogens with two attached hydrogens (primary N) is 7. The third-order valence-electron chi connectivity index (χ3n) is 18.7. The molecule has 7 rings (SSSR count). The zero-order chi connectivity index (χ0) is 67.2. The molecule has 0 amide bonds. The number of aliphatic hydroxyl groups excluding tert-OH is 6. The summed E-state index contributed by atoms with van der Waals surface area (Å²) in [5.74, 6) is 1.32. The van der Waals surface area contributed by atoms with Gasteiger partial charge in [0, 0.05) is 173 Å². The van der Waals surface area contributed by atoms with E-state index in [-0.39, 0.29) is 123 Å². The number of hydrogen-bond donors (Lipinski definition) is 13. The van der Waals surface area contributed by atoms with Gasteiger partial charge in [-0.15, -0.1) is 0 Å². The molecular formula is C66H146N14O6. The highest BCUT2D eigenvalue weighted by molar-refractivity contribution is 4.95. The van der Waals surface area contributed by atoms with Gasteiger partial charge < -0.3 is 70.8 Å². The molecule has 0 radical (unpaired) electrons. The molecule has 0 unspecified atom stereocenters. The maximum Gasteiger partial charge on any atom is 0.0741 e. The van der Waals surface area contributed by atoms with Crippen molar-refractivity contribution >= 4 is 0 Å². The minimum Gasteiger partial charge on any atom is -0.391 e. The predicted octanol–water partition coefficient (Wildman–Crippen LogP) is 3.02. The highest BCUT2D eigenvalue weighted by Gasteiger charge is 2.38. The zero-order valence-electron chi connectivity index (χ0n) is 60.0. The molecule has 7 saturated heterocycles. The van der Waals surface area contributed by atoms with Crippen LogP contribution in [0.4, 0.5) is 0 Å². The number of aliphatic hydroxyl groups is 6. The summed E-state index contributed by atoms with van der Waals surface area (Å²) >= 11 is 0. The molecule has 16 atom stereocenters. The Morgan fingerprint density at radius 2 is 0.465 bits per heavy atom. The largest absolute Gasteiger partial charge is 0.391 e. The lowest BCUT2D eigenvalue weighted by molar-refractivity contribution is -0.0162. The first kappa shape index (κ1) is 83.2. The number of likely N-dealkylation sites (tertiary alicyclic amines) is 7. The van der Waals surface area contributed by atoms with Crippen LogP contribution in [0.2, 0.25) is 0 Å². The highest BCUT2D eigenvalue weighted by Crippen LogP contribution is 2.27. The van der Waals surface area contributed by atoms with Gasteiger partial charge in [0.15, 0.2) is 0 Å². The Morgan fingerprint density at radius 3 is 0.640 bits per heavy atom. The van der Waals surface area contributed by atoms with E-state index < -0.39 is 0 Å². The molecule has 20 heteroatoms. The Bertz CT molecular complexity index is 1630. The second-order valence-corrected chi connectivity index (χ2v) is 34.1. The minimum absolute atomic E-state index is 0.0713. The minimum atomic E-state index is -0.335. The smallest absolute Gasteiger partial charge is 0.0741 e. The van der Waals surface area contributed by atoms with E-state index in [0.29, 0.717) is 6.04 Å². The van der Waals surface area contributed by atoms with Gasteiger partial charge in [-0.1, -0.05) is 20.8 Å². The fourth-order valence-electron chi connectivity index (χ4n) is 12.0. The number of piperidine rings is 7. The lowest BCUT2D eigenvalue weighted by atomic mass is 9.89. The van der Waals surface area contributed by atoms with E-state index in [0.717, 1.165) is 117 Å². The van der Waals surface area contributed by atoms with Crippen molar-refractivity contribution in [2.24, 2.45) is 57.9 Å². The van der Waals surface area contributed by atoms with Crippen LogP contribution in [-0.2, 0) is 0 Å². The van der Waals surface area contributed by atoms with Gasteiger partial charge in [0.2, 0.25) is 0 Å². The summed E-state index contributed by atoms with van der Waals surface area (Å²) in [6.07, 6.45) is 2.52. The van der Waals surface area contributed by atoms with Gasteiger partial charge in [-0.25, -0.2) is 0 Å². The van der Waals surface area contributed by atoms with Crippen LogP contribution in [0.25, 0.3) is 0 Å². The lowest BCUT2D eigenvalue weighted by Crippen LogP contribution is -2.60. The van der Waals surface area contributed by atoms with Crippen LogP contribution < -0.4 is 40.1 Å². The Kier molecular flexibility index (Phi) is 33.8. The van der Waals surface area contributed by atoms with Crippen LogP contribution in [0.1, 0.15) is 198 Å². The second-order valence-electron chi connectivity index (χ2n) is 34.1. The Hall–Kier alpha value is -0.800. The second kappa shape index (κ2) is 34.9. The van der Waals surface area contributed by atoms with Gasteiger partial charge in [-0.05, 0) is 195 Å². The highest BCUT2D eigenvalue weighted by atomic mass is 16.3. The summed E-state index contributed by atoms with van der Waals surface area (Å²) in [6.45, 7) is 65.3. The maximum absolute atomic E-state index is 9.68. The quantitative estimate of drug-likeness (QED) is 0.166. The average Bonchev–Trinajstić information content (AvgIpc) is 3.40. The molecular weight excluding hydrogens is 1080 g/mol. The molecule has 0 spiro atoms. The predicted molar refractivity (Wildman–Crippen MR) is 362 cm³/mol. The molecule has 86 heavy (non-hydrogen) atoms. The van der Waals surface area contributed by atoms with Crippen molar-refractivity contribution in [3.63, 3.8) is 0 Å². The Morgan fingerprint density at radius 1 is 0.267 bits per heavy atom. The molecule has 0 aromatic carbocycles. The number of hydrogen-bond acceptors (Lipinski definition) is 20. The van der Waals surface area contributed by atoms with Gasteiger partial charge in [0.1, 0.15) is 0 Å². The molecule has 0 bridgehead atoms. The molecule has 20 N–H and O–H groups in total. The number of nitrogens with zero attached hydrogens (tertiary/aromatic N) is 7. The average molecular weight is 1230 g/mol. The van der Waals surface area contributed by atoms with Crippen LogP contribution in [0.3, 0.4) is 0 Å². The van der Waals surface area contributed by atoms with Crippen molar-refractivity contribution in [1.29, 1.82) is 0 Å². The Labute approximate surface area is 528 Å². The summed E-state index contributed by atoms with van der Waals surface area (Å²) < 4.78 is 0. The van der Waals surface area contributed by atoms with E-state index in [9.17, 15) is 30.6 Å². The SMILES string of the molecule is CC(C)(C)N1CC[C@@H](O)[C@@H](N)C1.CC(C)(C)N1CC[C@@H](O)[C@H](N)C1.CC(C)(C)N1CC[C@H](O)[C@@H](N)C1.CC(C)(C)N1CC[C@H](O)[C@H](N)C1.C[C@@H]1CN(C(C)(C)C)C[C@H](N)[C@H]1O.C[C@@H]1C[C@H](N)CN(C(C)(C)C)C1.C[C@H]1CN(C(C)(C)C)C[C@@H](N)[C@@H]1O. The molecule has 7 aliphatic heterocycles. The summed E-state index contributed by atoms with van der Waals surface area (Å²) in [5.41, 5.74) is 42.1. The van der Waals surface area contributed by atoms with Crippen LogP contribution in [0, 0.1) is 17.8 Å². The normalized spacial score (nSPS) is 35.0. The molecule has 0 saturated carbocycles. The van der Waals surface area contributed by atoms with Crippen molar-refractivity contribution in [1.82, 2.24) is 34.3 Å². The summed E-state index contributed by atoms with van der Waals surface area (Å²) in [6, 6.07) is -0.0918. The molecule has 516 valence electrons. The van der Waals surface area contributed by atoms with Crippen molar-refractivity contribution in [2.45, 2.75) is 316 Å². The van der Waals surface area contributed by atoms with E-state index in [1.54, 1.807) is 0 Å². The Balaban J connectivity index is 0.000000502. The molecule has 7 fully saturated rings. The third-order valence-corrected chi connectivity index (χ3v) is 18.7. The van der Waals surface area contributed by atoms with Crippen LogP contribution in [-0.4, -0.2) is 274 Å². The molecule has 7 heterocycles. The van der Waals surface area contributed by atoms with Gasteiger partial charge in [-0.2, -0.15) is 0 Å². The first-order valence-corrected chi connectivity index (χ1v) is 33.3. The standard InChI is InChI=1S/2C10H22N2O.C10H22N2.4C9H20N2O/c2*1-7-5-12(10(2,3)4)6-8(11)9(7)13;1-8-5-9(11)7-12(6-8)10(2,3)4;4*1-9(2,3)11-5-4-8(12)7(10)6-11/h2*7-9,13H,5-6,11H2,1-4H3;8-9H,5-7,11H2,1-4H3;4*7-8,12H,4-6,10H2,1-3H3/t2*7-,8+,9+;8-,9+;2*7-,8+;2*7-,8-/m1011010/s1. The maximum atomic E-state index is 9.68. The van der Waals surface area contributed by atoms with Crippen LogP contribution >= 0.6 is 0 Å². The monoisotopic (exact) mass is 1230 g/mol. The van der Waals surface area contributed by atoms with Crippen LogP contribution in [0.15, 0.2) is 0 Å².